The molecule has 0 bridgehead atoms. The van der Waals surface area contributed by atoms with Gasteiger partial charge in [-0.2, -0.15) is 0 Å². The summed E-state index contributed by atoms with van der Waals surface area (Å²) in [6.07, 6.45) is 6.07. The molecule has 0 radical (unpaired) electrons. The molecule has 0 fully saturated rings. The van der Waals surface area contributed by atoms with Gasteiger partial charge in [0.05, 0.1) is 6.61 Å². The summed E-state index contributed by atoms with van der Waals surface area (Å²) < 4.78 is 7.91. The number of ether oxygens (including phenoxy) is 1. The minimum atomic E-state index is 0.0897. The van der Waals surface area contributed by atoms with Crippen LogP contribution in [0.3, 0.4) is 0 Å². The maximum Gasteiger partial charge on any atom is 0.224 e. The van der Waals surface area contributed by atoms with Gasteiger partial charge in [-0.3, -0.25) is 4.79 Å². The maximum atomic E-state index is 11.3. The van der Waals surface area contributed by atoms with Crippen LogP contribution in [0.1, 0.15) is 24.2 Å². The summed E-state index contributed by atoms with van der Waals surface area (Å²) >= 11 is 0. The van der Waals surface area contributed by atoms with E-state index in [9.17, 15) is 4.79 Å². The molecule has 0 unspecified atom stereocenters. The molecule has 110 valence electrons. The lowest BCUT2D eigenvalue weighted by Crippen LogP contribution is -2.18. The first-order valence-corrected chi connectivity index (χ1v) is 7.26. The normalized spacial score (nSPS) is 13.7. The number of benzene rings is 1. The number of aromatic nitrogens is 2. The molecule has 0 saturated heterocycles. The molecule has 1 aromatic heterocycles. The molecule has 1 amide bonds. The van der Waals surface area contributed by atoms with Crippen molar-refractivity contribution in [1.29, 1.82) is 0 Å². The Morgan fingerprint density at radius 1 is 1.38 bits per heavy atom. The predicted octanol–water partition coefficient (Wildman–Crippen LogP) is 2.55. The Labute approximate surface area is 124 Å². The second-order valence-electron chi connectivity index (χ2n) is 5.24. The van der Waals surface area contributed by atoms with Gasteiger partial charge in [0.2, 0.25) is 5.91 Å². The summed E-state index contributed by atoms with van der Waals surface area (Å²) in [6.45, 7) is 3.58. The van der Waals surface area contributed by atoms with Crippen LogP contribution in [-0.2, 0) is 17.8 Å². The van der Waals surface area contributed by atoms with Crippen LogP contribution in [0.5, 0.6) is 5.75 Å². The largest absolute Gasteiger partial charge is 0.494 e. The number of anilines is 1. The van der Waals surface area contributed by atoms with Crippen LogP contribution >= 0.6 is 0 Å². The number of rotatable bonds is 5. The van der Waals surface area contributed by atoms with Crippen LogP contribution < -0.4 is 10.1 Å². The van der Waals surface area contributed by atoms with Crippen molar-refractivity contribution in [3.05, 3.63) is 42.0 Å². The first-order valence-electron chi connectivity index (χ1n) is 7.26. The fourth-order valence-corrected chi connectivity index (χ4v) is 2.51. The third-order valence-corrected chi connectivity index (χ3v) is 3.71. The first kappa shape index (κ1) is 13.7. The van der Waals surface area contributed by atoms with E-state index >= 15 is 0 Å². The van der Waals surface area contributed by atoms with Crippen LogP contribution in [0.2, 0.25) is 0 Å². The van der Waals surface area contributed by atoms with Gasteiger partial charge in [-0.05, 0) is 43.5 Å². The minimum absolute atomic E-state index is 0.0897. The summed E-state index contributed by atoms with van der Waals surface area (Å²) in [4.78, 5) is 15.5. The number of amides is 1. The molecule has 1 aromatic carbocycles. The number of aryl methyl sites for hydroxylation is 3. The molecule has 1 aliphatic rings. The Morgan fingerprint density at radius 3 is 3.10 bits per heavy atom. The van der Waals surface area contributed by atoms with Gasteiger partial charge in [0.15, 0.2) is 0 Å². The fraction of sp³-hybridized carbons (Fsp3) is 0.375. The third-order valence-electron chi connectivity index (χ3n) is 3.71. The van der Waals surface area contributed by atoms with E-state index in [0.717, 1.165) is 42.2 Å². The van der Waals surface area contributed by atoms with Gasteiger partial charge in [-0.1, -0.05) is 0 Å². The molecule has 0 aliphatic carbocycles. The highest BCUT2D eigenvalue weighted by atomic mass is 16.5. The molecule has 0 saturated carbocycles. The van der Waals surface area contributed by atoms with Gasteiger partial charge < -0.3 is 14.6 Å². The van der Waals surface area contributed by atoms with Crippen molar-refractivity contribution in [2.24, 2.45) is 0 Å². The highest BCUT2D eigenvalue weighted by molar-refractivity contribution is 5.93. The van der Waals surface area contributed by atoms with E-state index < -0.39 is 0 Å². The van der Waals surface area contributed by atoms with Crippen LogP contribution in [0.15, 0.2) is 30.6 Å². The summed E-state index contributed by atoms with van der Waals surface area (Å²) in [5.41, 5.74) is 2.06. The molecule has 0 spiro atoms. The average molecular weight is 285 g/mol. The summed E-state index contributed by atoms with van der Waals surface area (Å²) in [6, 6.07) is 5.85. The highest BCUT2D eigenvalue weighted by Gasteiger charge is 2.14. The van der Waals surface area contributed by atoms with Crippen molar-refractivity contribution in [2.45, 2.75) is 32.7 Å². The van der Waals surface area contributed by atoms with E-state index in [4.69, 9.17) is 4.74 Å². The van der Waals surface area contributed by atoms with Crippen molar-refractivity contribution < 1.29 is 9.53 Å². The summed E-state index contributed by atoms with van der Waals surface area (Å²) in [5.74, 6) is 1.98. The van der Waals surface area contributed by atoms with E-state index in [1.54, 1.807) is 0 Å². The second kappa shape index (κ2) is 5.99. The lowest BCUT2D eigenvalue weighted by molar-refractivity contribution is -0.116. The van der Waals surface area contributed by atoms with Crippen molar-refractivity contribution in [2.75, 3.05) is 11.9 Å². The van der Waals surface area contributed by atoms with E-state index in [1.165, 1.54) is 0 Å². The zero-order valence-corrected chi connectivity index (χ0v) is 12.1. The molecule has 2 aromatic rings. The quantitative estimate of drug-likeness (QED) is 0.859. The molecule has 1 N–H and O–H groups in total. The molecule has 0 atom stereocenters. The zero-order valence-electron chi connectivity index (χ0n) is 12.1. The van der Waals surface area contributed by atoms with Crippen molar-refractivity contribution >= 4 is 11.6 Å². The number of hydrogen-bond donors (Lipinski definition) is 1. The van der Waals surface area contributed by atoms with Gasteiger partial charge in [-0.25, -0.2) is 4.98 Å². The number of fused-ring (bicyclic) bond motifs is 1. The fourth-order valence-electron chi connectivity index (χ4n) is 2.51. The Morgan fingerprint density at radius 2 is 2.29 bits per heavy atom. The summed E-state index contributed by atoms with van der Waals surface area (Å²) in [5, 5.41) is 2.87. The third kappa shape index (κ3) is 3.24. The number of nitrogens with one attached hydrogen (secondary N) is 1. The molecule has 3 rings (SSSR count). The average Bonchev–Trinajstić information content (AvgIpc) is 2.89. The minimum Gasteiger partial charge on any atom is -0.494 e. The van der Waals surface area contributed by atoms with Gasteiger partial charge in [-0.15, -0.1) is 0 Å². The zero-order chi connectivity index (χ0) is 14.7. The Hall–Kier alpha value is -2.30. The van der Waals surface area contributed by atoms with E-state index in [2.05, 4.69) is 14.9 Å². The lowest BCUT2D eigenvalue weighted by Gasteiger charge is -2.17. The van der Waals surface area contributed by atoms with Crippen LogP contribution in [-0.4, -0.2) is 22.1 Å². The Kier molecular flexibility index (Phi) is 3.90. The van der Waals surface area contributed by atoms with Gasteiger partial charge in [0.25, 0.3) is 0 Å². The van der Waals surface area contributed by atoms with Crippen molar-refractivity contribution in [3.8, 4) is 5.75 Å². The lowest BCUT2D eigenvalue weighted by atomic mass is 10.0. The standard InChI is InChI=1S/C16H19N3O2/c1-12-17-7-9-19(12)8-2-10-21-14-4-5-15-13(11-14)3-6-16(20)18-15/h4-5,7,9,11H,2-3,6,8,10H2,1H3,(H,18,20). The van der Waals surface area contributed by atoms with E-state index in [1.807, 2.05) is 37.5 Å². The predicted molar refractivity (Wildman–Crippen MR) is 80.5 cm³/mol. The van der Waals surface area contributed by atoms with E-state index in [0.29, 0.717) is 13.0 Å². The van der Waals surface area contributed by atoms with Crippen molar-refractivity contribution in [1.82, 2.24) is 9.55 Å². The van der Waals surface area contributed by atoms with Gasteiger partial charge >= 0.3 is 0 Å². The number of imidazole rings is 1. The van der Waals surface area contributed by atoms with Gasteiger partial charge in [0.1, 0.15) is 11.6 Å². The van der Waals surface area contributed by atoms with E-state index in [-0.39, 0.29) is 5.91 Å². The molecule has 5 nitrogen and oxygen atoms in total. The molecular weight excluding hydrogens is 266 g/mol. The Bertz CT molecular complexity index is 649. The van der Waals surface area contributed by atoms with Crippen LogP contribution in [0, 0.1) is 6.92 Å². The van der Waals surface area contributed by atoms with Gasteiger partial charge in [0, 0.05) is 31.0 Å². The van der Waals surface area contributed by atoms with Crippen molar-refractivity contribution in [3.63, 3.8) is 0 Å². The topological polar surface area (TPSA) is 56.2 Å². The molecule has 1 aliphatic heterocycles. The SMILES string of the molecule is Cc1nccn1CCCOc1ccc2c(c1)CCC(=O)N2. The highest BCUT2D eigenvalue weighted by Crippen LogP contribution is 2.26. The molecule has 2 heterocycles. The second-order valence-corrected chi connectivity index (χ2v) is 5.24. The number of hydrogen-bond acceptors (Lipinski definition) is 3. The number of carbonyl (C=O) groups is 1. The molecule has 5 heteroatoms. The smallest absolute Gasteiger partial charge is 0.224 e. The maximum absolute atomic E-state index is 11.3. The monoisotopic (exact) mass is 285 g/mol. The Balaban J connectivity index is 1.52. The molecular formula is C16H19N3O2. The first-order chi connectivity index (χ1) is 10.2. The number of carbonyl (C=O) groups excluding carboxylic acids is 1. The molecule has 21 heavy (non-hydrogen) atoms. The van der Waals surface area contributed by atoms with Crippen LogP contribution in [0.25, 0.3) is 0 Å². The van der Waals surface area contributed by atoms with Crippen LogP contribution in [0.4, 0.5) is 5.69 Å². The number of nitrogens with zero attached hydrogens (tertiary/aromatic N) is 2. The summed E-state index contributed by atoms with van der Waals surface area (Å²) in [7, 11) is 0.